The zero-order valence-corrected chi connectivity index (χ0v) is 37.4. The molecule has 0 radical (unpaired) electrons. The lowest BCUT2D eigenvalue weighted by molar-refractivity contribution is -0.161. The van der Waals surface area contributed by atoms with Crippen molar-refractivity contribution in [2.24, 2.45) is 0 Å². The van der Waals surface area contributed by atoms with Crippen LogP contribution >= 0.6 is 7.82 Å². The van der Waals surface area contributed by atoms with Crippen LogP contribution in [0.1, 0.15) is 117 Å². The molecule has 0 aromatic heterocycles. The summed E-state index contributed by atoms with van der Waals surface area (Å²) in [5.41, 5.74) is 0. The van der Waals surface area contributed by atoms with Crippen LogP contribution in [0.2, 0.25) is 0 Å². The number of carbonyl (C=O) groups excluding carboxylic acids is 2. The van der Waals surface area contributed by atoms with Gasteiger partial charge < -0.3 is 34.8 Å². The van der Waals surface area contributed by atoms with Crippen LogP contribution in [0.25, 0.3) is 0 Å². The van der Waals surface area contributed by atoms with Gasteiger partial charge in [-0.25, -0.2) is 4.57 Å². The number of aliphatic hydroxyl groups excluding tert-OH is 4. The molecule has 0 aliphatic heterocycles. The third-order valence-corrected chi connectivity index (χ3v) is 9.24. The van der Waals surface area contributed by atoms with Gasteiger partial charge in [-0.05, 0) is 77.0 Å². The molecular formula is C48H75O12P. The van der Waals surface area contributed by atoms with Crippen LogP contribution in [0.3, 0.4) is 0 Å². The molecule has 344 valence electrons. The maximum atomic E-state index is 12.6. The number of aliphatic hydroxyl groups is 4. The van der Waals surface area contributed by atoms with Crippen LogP contribution < -0.4 is 0 Å². The maximum absolute atomic E-state index is 12.6. The smallest absolute Gasteiger partial charge is 0.462 e. The average Bonchev–Trinajstić information content (AvgIpc) is 3.24. The summed E-state index contributed by atoms with van der Waals surface area (Å²) in [6, 6.07) is 0. The van der Waals surface area contributed by atoms with E-state index >= 15 is 0 Å². The van der Waals surface area contributed by atoms with Crippen LogP contribution in [0.15, 0.2) is 122 Å². The van der Waals surface area contributed by atoms with E-state index in [1.54, 1.807) is 36.5 Å². The van der Waals surface area contributed by atoms with Gasteiger partial charge in [0.05, 0.1) is 32.0 Å². The Morgan fingerprint density at radius 3 is 1.64 bits per heavy atom. The second-order valence-electron chi connectivity index (χ2n) is 14.0. The topological polar surface area (TPSA) is 189 Å². The van der Waals surface area contributed by atoms with Gasteiger partial charge in [-0.15, -0.1) is 0 Å². The lowest BCUT2D eigenvalue weighted by Gasteiger charge is -2.20. The van der Waals surface area contributed by atoms with Crippen LogP contribution in [0.5, 0.6) is 0 Å². The van der Waals surface area contributed by atoms with Crippen molar-refractivity contribution in [1.82, 2.24) is 0 Å². The molecule has 0 heterocycles. The number of phosphoric ester groups is 1. The van der Waals surface area contributed by atoms with E-state index in [2.05, 4.69) is 60.1 Å². The molecule has 0 spiro atoms. The van der Waals surface area contributed by atoms with Gasteiger partial charge in [0.1, 0.15) is 12.7 Å². The van der Waals surface area contributed by atoms with E-state index in [4.69, 9.17) is 19.1 Å². The lowest BCUT2D eigenvalue weighted by Crippen LogP contribution is -2.29. The number of unbranched alkanes of at least 4 members (excludes halogenated alkanes) is 4. The minimum Gasteiger partial charge on any atom is -0.462 e. The van der Waals surface area contributed by atoms with Gasteiger partial charge in [0.2, 0.25) is 0 Å². The maximum Gasteiger partial charge on any atom is 0.472 e. The predicted molar refractivity (Wildman–Crippen MR) is 244 cm³/mol. The second kappa shape index (κ2) is 41.6. The largest absolute Gasteiger partial charge is 0.472 e. The molecule has 0 saturated carbocycles. The van der Waals surface area contributed by atoms with Gasteiger partial charge in [-0.3, -0.25) is 18.6 Å². The predicted octanol–water partition coefficient (Wildman–Crippen LogP) is 9.49. The first kappa shape index (κ1) is 57.3. The third-order valence-electron chi connectivity index (χ3n) is 8.29. The fraction of sp³-hybridized carbons (Fsp3) is 0.542. The van der Waals surface area contributed by atoms with Crippen molar-refractivity contribution in [3.05, 3.63) is 122 Å². The summed E-state index contributed by atoms with van der Waals surface area (Å²) < 4.78 is 32.5. The number of hydrogen-bond donors (Lipinski definition) is 5. The summed E-state index contributed by atoms with van der Waals surface area (Å²) in [4.78, 5) is 35.0. The van der Waals surface area contributed by atoms with Gasteiger partial charge in [-0.1, -0.05) is 148 Å². The monoisotopic (exact) mass is 874 g/mol. The zero-order chi connectivity index (χ0) is 45.1. The summed E-state index contributed by atoms with van der Waals surface area (Å²) in [5, 5.41) is 38.3. The summed E-state index contributed by atoms with van der Waals surface area (Å²) in [6.45, 7) is 1.81. The van der Waals surface area contributed by atoms with Crippen molar-refractivity contribution in [2.45, 2.75) is 141 Å². The Morgan fingerprint density at radius 2 is 1.05 bits per heavy atom. The molecule has 0 aromatic rings. The minimum absolute atomic E-state index is 0.0460. The number of carbonyl (C=O) groups is 2. The minimum atomic E-state index is -4.68. The molecule has 0 aromatic carbocycles. The van der Waals surface area contributed by atoms with Crippen LogP contribution in [0, 0.1) is 0 Å². The van der Waals surface area contributed by atoms with Crippen molar-refractivity contribution < 1.29 is 58.0 Å². The van der Waals surface area contributed by atoms with E-state index in [1.807, 2.05) is 43.4 Å². The first-order valence-electron chi connectivity index (χ1n) is 21.7. The van der Waals surface area contributed by atoms with Crippen molar-refractivity contribution in [3.8, 4) is 0 Å². The summed E-state index contributed by atoms with van der Waals surface area (Å²) in [5.74, 6) is -1.14. The van der Waals surface area contributed by atoms with Crippen molar-refractivity contribution in [2.75, 3.05) is 26.4 Å². The summed E-state index contributed by atoms with van der Waals surface area (Å²) in [6.07, 6.45) is 46.7. The number of hydrogen-bond acceptors (Lipinski definition) is 11. The number of rotatable bonds is 38. The SMILES string of the molecule is CC/C=C\C/C=C\C/C=C\C/C=C\CCCCCCC(=O)O[C@H](COC(=O)CC/C=C\C/C=C\C[C@H](O)/C=C/C=C\C=C\[C@H](O)C/C=C\CC)COP(=O)(O)OC[C@@H](O)CO. The molecule has 0 aliphatic rings. The standard InChI is InChI=1S/C48H75O12P/c1-3-5-7-8-9-10-11-12-13-14-15-16-17-18-19-24-32-38-48(54)60-46(42-59-61(55,56)58-40-45(52)39-49)41-57-47(53)37-31-23-21-20-22-28-34-44(51)36-30-26-25-29-35-43(50)33-27-6-4-2/h5-7,9-10,12-13,15-16,21-23,25-30,35-36,43-46,49-52H,3-4,8,11,14,17-20,24,31-34,37-42H2,1-2H3,(H,55,56)/b7-5-,10-9-,13-12-,16-15-,23-21-,26-25-,27-6-,28-22-,35-29+,36-30+/t43-,44+,45+,46-/m1/s1. The Balaban J connectivity index is 4.60. The van der Waals surface area contributed by atoms with E-state index < -0.39 is 70.6 Å². The fourth-order valence-corrected chi connectivity index (χ4v) is 5.74. The quantitative estimate of drug-likeness (QED) is 0.0130. The highest BCUT2D eigenvalue weighted by Gasteiger charge is 2.27. The summed E-state index contributed by atoms with van der Waals surface area (Å²) in [7, 11) is -4.68. The molecule has 0 saturated heterocycles. The molecular weight excluding hydrogens is 799 g/mol. The van der Waals surface area contributed by atoms with Crippen molar-refractivity contribution in [3.63, 3.8) is 0 Å². The summed E-state index contributed by atoms with van der Waals surface area (Å²) >= 11 is 0. The number of esters is 2. The Morgan fingerprint density at radius 1 is 0.557 bits per heavy atom. The van der Waals surface area contributed by atoms with E-state index in [1.165, 1.54) is 0 Å². The van der Waals surface area contributed by atoms with Gasteiger partial charge in [0.15, 0.2) is 6.10 Å². The molecule has 0 amide bonds. The molecule has 0 rings (SSSR count). The molecule has 12 nitrogen and oxygen atoms in total. The Labute approximate surface area is 365 Å². The normalized spacial score (nSPS) is 16.0. The van der Waals surface area contributed by atoms with Crippen LogP contribution in [0.4, 0.5) is 0 Å². The van der Waals surface area contributed by atoms with Crippen molar-refractivity contribution in [1.29, 1.82) is 0 Å². The van der Waals surface area contributed by atoms with Crippen LogP contribution in [-0.2, 0) is 32.7 Å². The molecule has 13 heteroatoms. The molecule has 61 heavy (non-hydrogen) atoms. The molecule has 1 unspecified atom stereocenters. The number of phosphoric acid groups is 1. The van der Waals surface area contributed by atoms with Gasteiger partial charge in [0.25, 0.3) is 0 Å². The number of allylic oxidation sites excluding steroid dienone is 16. The Kier molecular flexibility index (Phi) is 39.1. The van der Waals surface area contributed by atoms with Gasteiger partial charge >= 0.3 is 19.8 Å². The van der Waals surface area contributed by atoms with E-state index in [0.29, 0.717) is 32.1 Å². The second-order valence-corrected chi connectivity index (χ2v) is 15.5. The highest BCUT2D eigenvalue weighted by molar-refractivity contribution is 7.47. The highest BCUT2D eigenvalue weighted by Crippen LogP contribution is 2.43. The van der Waals surface area contributed by atoms with E-state index in [0.717, 1.165) is 57.8 Å². The van der Waals surface area contributed by atoms with Gasteiger partial charge in [0, 0.05) is 12.8 Å². The first-order chi connectivity index (χ1) is 29.5. The molecule has 5 atom stereocenters. The zero-order valence-electron chi connectivity index (χ0n) is 36.5. The van der Waals surface area contributed by atoms with E-state index in [-0.39, 0.29) is 12.8 Å². The Hall–Kier alpha value is -3.71. The Bertz CT molecular complexity index is 1460. The molecule has 0 fully saturated rings. The van der Waals surface area contributed by atoms with Gasteiger partial charge in [-0.2, -0.15) is 0 Å². The first-order valence-corrected chi connectivity index (χ1v) is 23.2. The van der Waals surface area contributed by atoms with Crippen molar-refractivity contribution >= 4 is 19.8 Å². The highest BCUT2D eigenvalue weighted by atomic mass is 31.2. The van der Waals surface area contributed by atoms with E-state index in [9.17, 15) is 34.4 Å². The molecule has 0 aliphatic carbocycles. The number of ether oxygens (including phenoxy) is 2. The molecule has 0 bridgehead atoms. The lowest BCUT2D eigenvalue weighted by atomic mass is 10.1. The fourth-order valence-electron chi connectivity index (χ4n) is 4.95. The van der Waals surface area contributed by atoms with Crippen LogP contribution in [-0.4, -0.2) is 88.1 Å². The average molecular weight is 875 g/mol. The third kappa shape index (κ3) is 41.4. The molecule has 5 N–H and O–H groups in total.